The van der Waals surface area contributed by atoms with E-state index in [0.29, 0.717) is 31.6 Å². The lowest BCUT2D eigenvalue weighted by Crippen LogP contribution is -2.55. The fourth-order valence-corrected chi connectivity index (χ4v) is 4.23. The predicted molar refractivity (Wildman–Crippen MR) is 101 cm³/mol. The van der Waals surface area contributed by atoms with Crippen LogP contribution in [-0.2, 0) is 4.79 Å². The summed E-state index contributed by atoms with van der Waals surface area (Å²) in [6.45, 7) is 2.49. The molecule has 0 unspecified atom stereocenters. The van der Waals surface area contributed by atoms with Crippen molar-refractivity contribution in [1.29, 1.82) is 0 Å². The van der Waals surface area contributed by atoms with E-state index < -0.39 is 0 Å². The molecule has 1 N–H and O–H groups in total. The minimum absolute atomic E-state index is 0.0112. The van der Waals surface area contributed by atoms with Crippen molar-refractivity contribution < 1.29 is 14.7 Å². The summed E-state index contributed by atoms with van der Waals surface area (Å²) in [6.07, 6.45) is 3.34. The molecular formula is C20H29N3O3. The van der Waals surface area contributed by atoms with Gasteiger partial charge in [0.05, 0.1) is 6.61 Å². The molecule has 2 saturated heterocycles. The van der Waals surface area contributed by atoms with Crippen LogP contribution in [0, 0.1) is 5.41 Å². The monoisotopic (exact) mass is 359 g/mol. The van der Waals surface area contributed by atoms with Gasteiger partial charge < -0.3 is 19.8 Å². The number of amides is 2. The first-order valence-corrected chi connectivity index (χ1v) is 9.39. The summed E-state index contributed by atoms with van der Waals surface area (Å²) in [7, 11) is 3.96. The van der Waals surface area contributed by atoms with Crippen LogP contribution in [-0.4, -0.2) is 73.6 Å². The van der Waals surface area contributed by atoms with E-state index in [-0.39, 0.29) is 23.8 Å². The Morgan fingerprint density at radius 3 is 2.58 bits per heavy atom. The Bertz CT molecular complexity index is 659. The quantitative estimate of drug-likeness (QED) is 0.887. The molecule has 1 aromatic rings. The summed E-state index contributed by atoms with van der Waals surface area (Å²) in [5, 5.41) is 9.21. The van der Waals surface area contributed by atoms with Crippen molar-refractivity contribution >= 4 is 17.5 Å². The maximum atomic E-state index is 13.0. The summed E-state index contributed by atoms with van der Waals surface area (Å²) in [4.78, 5) is 30.8. The molecule has 2 amide bonds. The molecule has 2 aliphatic rings. The topological polar surface area (TPSA) is 64.1 Å². The minimum atomic E-state index is -0.0272. The SMILES string of the molecule is CN(C)c1ccc(C(=O)N2CCC[C@@]3(CCC(=O)N(CCO)C3)C2)cc1. The number of aliphatic hydroxyl groups is 1. The number of carbonyl (C=O) groups excluding carboxylic acids is 2. The second-order valence-electron chi connectivity index (χ2n) is 7.81. The maximum Gasteiger partial charge on any atom is 0.253 e. The summed E-state index contributed by atoms with van der Waals surface area (Å²) in [5.74, 6) is 0.187. The number of piperidine rings is 2. The zero-order chi connectivity index (χ0) is 18.7. The van der Waals surface area contributed by atoms with Crippen molar-refractivity contribution in [3.05, 3.63) is 29.8 Å². The first kappa shape index (κ1) is 18.7. The van der Waals surface area contributed by atoms with Crippen LogP contribution in [0.2, 0.25) is 0 Å². The number of hydrogen-bond acceptors (Lipinski definition) is 4. The molecule has 3 rings (SSSR count). The summed E-state index contributed by atoms with van der Waals surface area (Å²) < 4.78 is 0. The van der Waals surface area contributed by atoms with Crippen molar-refractivity contribution in [2.75, 3.05) is 51.8 Å². The van der Waals surface area contributed by atoms with E-state index in [4.69, 9.17) is 0 Å². The van der Waals surface area contributed by atoms with Crippen molar-refractivity contribution in [2.45, 2.75) is 25.7 Å². The van der Waals surface area contributed by atoms with Gasteiger partial charge >= 0.3 is 0 Å². The third kappa shape index (κ3) is 3.85. The van der Waals surface area contributed by atoms with Crippen LogP contribution >= 0.6 is 0 Å². The van der Waals surface area contributed by atoms with Gasteiger partial charge in [0.1, 0.15) is 0 Å². The number of rotatable bonds is 4. The normalized spacial score (nSPS) is 23.4. The van der Waals surface area contributed by atoms with Gasteiger partial charge in [0, 0.05) is 63.4 Å². The van der Waals surface area contributed by atoms with Gasteiger partial charge in [0.2, 0.25) is 5.91 Å². The molecule has 26 heavy (non-hydrogen) atoms. The molecule has 2 heterocycles. The van der Waals surface area contributed by atoms with Crippen molar-refractivity contribution in [3.63, 3.8) is 0 Å². The molecule has 2 aliphatic heterocycles. The van der Waals surface area contributed by atoms with E-state index in [9.17, 15) is 14.7 Å². The van der Waals surface area contributed by atoms with Crippen molar-refractivity contribution in [2.24, 2.45) is 5.41 Å². The van der Waals surface area contributed by atoms with Gasteiger partial charge in [-0.3, -0.25) is 9.59 Å². The Balaban J connectivity index is 1.71. The standard InChI is InChI=1S/C20H29N3O3/c1-21(2)17-6-4-16(5-7-17)19(26)23-11-3-9-20(15-23)10-8-18(25)22(14-20)12-13-24/h4-7,24H,3,8-15H2,1-2H3/t20-/m0/s1. The maximum absolute atomic E-state index is 13.0. The molecule has 0 aromatic heterocycles. The molecule has 0 aliphatic carbocycles. The minimum Gasteiger partial charge on any atom is -0.395 e. The van der Waals surface area contributed by atoms with Gasteiger partial charge in [0.15, 0.2) is 0 Å². The number of hydrogen-bond donors (Lipinski definition) is 1. The molecule has 1 spiro atoms. The van der Waals surface area contributed by atoms with E-state index in [0.717, 1.165) is 31.5 Å². The van der Waals surface area contributed by atoms with Crippen LogP contribution in [0.4, 0.5) is 5.69 Å². The highest BCUT2D eigenvalue weighted by molar-refractivity contribution is 5.94. The summed E-state index contributed by atoms with van der Waals surface area (Å²) in [6, 6.07) is 7.72. The Kier molecular flexibility index (Phi) is 5.51. The number of aliphatic hydroxyl groups excluding tert-OH is 1. The molecule has 0 bridgehead atoms. The third-order valence-electron chi connectivity index (χ3n) is 5.70. The molecule has 2 fully saturated rings. The van der Waals surface area contributed by atoms with Crippen LogP contribution in [0.3, 0.4) is 0 Å². The van der Waals surface area contributed by atoms with Gasteiger partial charge in [-0.15, -0.1) is 0 Å². The summed E-state index contributed by atoms with van der Waals surface area (Å²) >= 11 is 0. The largest absolute Gasteiger partial charge is 0.395 e. The highest BCUT2D eigenvalue weighted by Gasteiger charge is 2.42. The number of benzene rings is 1. The second-order valence-corrected chi connectivity index (χ2v) is 7.81. The Morgan fingerprint density at radius 1 is 1.19 bits per heavy atom. The van der Waals surface area contributed by atoms with E-state index in [2.05, 4.69) is 0 Å². The number of likely N-dealkylation sites (tertiary alicyclic amines) is 2. The van der Waals surface area contributed by atoms with Gasteiger partial charge in [-0.05, 0) is 43.5 Å². The summed E-state index contributed by atoms with van der Waals surface area (Å²) in [5.41, 5.74) is 1.76. The molecule has 6 heteroatoms. The van der Waals surface area contributed by atoms with E-state index >= 15 is 0 Å². The molecule has 6 nitrogen and oxygen atoms in total. The fourth-order valence-electron chi connectivity index (χ4n) is 4.23. The molecule has 1 aromatic carbocycles. The van der Waals surface area contributed by atoms with Gasteiger partial charge in [-0.25, -0.2) is 0 Å². The molecule has 0 radical (unpaired) electrons. The second kappa shape index (κ2) is 7.66. The Labute approximate surface area is 155 Å². The van der Waals surface area contributed by atoms with Gasteiger partial charge in [-0.2, -0.15) is 0 Å². The van der Waals surface area contributed by atoms with Crippen LogP contribution in [0.5, 0.6) is 0 Å². The zero-order valence-corrected chi connectivity index (χ0v) is 15.8. The lowest BCUT2D eigenvalue weighted by Gasteiger charge is -2.48. The van der Waals surface area contributed by atoms with Crippen molar-refractivity contribution in [1.82, 2.24) is 9.80 Å². The Hall–Kier alpha value is -2.08. The average Bonchev–Trinajstić information content (AvgIpc) is 2.65. The van der Waals surface area contributed by atoms with Gasteiger partial charge in [0.25, 0.3) is 5.91 Å². The van der Waals surface area contributed by atoms with Crippen LogP contribution in [0.15, 0.2) is 24.3 Å². The van der Waals surface area contributed by atoms with Crippen LogP contribution < -0.4 is 4.90 Å². The molecule has 142 valence electrons. The molecule has 1 atom stereocenters. The van der Waals surface area contributed by atoms with Crippen LogP contribution in [0.1, 0.15) is 36.0 Å². The van der Waals surface area contributed by atoms with E-state index in [1.54, 1.807) is 4.90 Å². The first-order chi connectivity index (χ1) is 12.4. The smallest absolute Gasteiger partial charge is 0.253 e. The number of anilines is 1. The zero-order valence-electron chi connectivity index (χ0n) is 15.8. The molecular weight excluding hydrogens is 330 g/mol. The number of nitrogens with zero attached hydrogens (tertiary/aromatic N) is 3. The Morgan fingerprint density at radius 2 is 1.92 bits per heavy atom. The van der Waals surface area contributed by atoms with E-state index in [1.165, 1.54) is 0 Å². The third-order valence-corrected chi connectivity index (χ3v) is 5.70. The van der Waals surface area contributed by atoms with E-state index in [1.807, 2.05) is 48.2 Å². The van der Waals surface area contributed by atoms with Gasteiger partial charge in [-0.1, -0.05) is 0 Å². The number of β-amino-alcohol motifs (C(OH)–C–C–N with tert-alkyl or cyclic N) is 1. The predicted octanol–water partition coefficient (Wildman–Crippen LogP) is 1.59. The average molecular weight is 359 g/mol. The number of carbonyl (C=O) groups is 2. The highest BCUT2D eigenvalue weighted by Crippen LogP contribution is 2.39. The molecule has 0 saturated carbocycles. The van der Waals surface area contributed by atoms with Crippen molar-refractivity contribution in [3.8, 4) is 0 Å². The lowest BCUT2D eigenvalue weighted by atomic mass is 9.73. The highest BCUT2D eigenvalue weighted by atomic mass is 16.3. The fraction of sp³-hybridized carbons (Fsp3) is 0.600. The first-order valence-electron chi connectivity index (χ1n) is 9.39. The lowest BCUT2D eigenvalue weighted by molar-refractivity contribution is -0.139. The van der Waals surface area contributed by atoms with Crippen LogP contribution in [0.25, 0.3) is 0 Å².